The molecule has 0 aromatic heterocycles. The van der Waals surface area contributed by atoms with Crippen LogP contribution in [0.4, 0.5) is 16.2 Å². The van der Waals surface area contributed by atoms with E-state index in [-0.39, 0.29) is 35.8 Å². The number of anilines is 1. The Morgan fingerprint density at radius 1 is 0.787 bits per heavy atom. The second kappa shape index (κ2) is 21.3. The summed E-state index contributed by atoms with van der Waals surface area (Å²) in [6, 6.07) is 50.0. The van der Waals surface area contributed by atoms with E-state index in [0.29, 0.717) is 46.5 Å². The highest BCUT2D eigenvalue weighted by Gasteiger charge is 2.75. The van der Waals surface area contributed by atoms with E-state index in [1.165, 1.54) is 36.4 Å². The number of aliphatic hydroxyl groups is 1. The number of benzene rings is 7. The van der Waals surface area contributed by atoms with Crippen molar-refractivity contribution < 1.29 is 43.8 Å². The molecule has 3 amide bonds. The Morgan fingerprint density at radius 2 is 1.41 bits per heavy atom. The van der Waals surface area contributed by atoms with Gasteiger partial charge in [0.2, 0.25) is 11.8 Å². The van der Waals surface area contributed by atoms with Crippen LogP contribution in [0.15, 0.2) is 188 Å². The summed E-state index contributed by atoms with van der Waals surface area (Å²) in [5, 5.41) is 36.7. The summed E-state index contributed by atoms with van der Waals surface area (Å²) in [4.78, 5) is 78.4. The van der Waals surface area contributed by atoms with Crippen LogP contribution in [0.25, 0.3) is 0 Å². The maximum absolute atomic E-state index is 16.6. The molecule has 2 fully saturated rings. The molecule has 7 atom stereocenters. The number of carbonyl (C=O) groups is 4. The highest BCUT2D eigenvalue weighted by Crippen LogP contribution is 2.66. The number of esters is 1. The molecule has 0 bridgehead atoms. The number of nitro benzene ring substituents is 1. The number of morpholine rings is 1. The van der Waals surface area contributed by atoms with Crippen molar-refractivity contribution in [2.45, 2.75) is 48.9 Å². The standard InChI is InChI=1S/C60H51N5O10/c1-62(37-40-15-6-2-7-16-40)34-14-17-39-26-33-49-48(35-39)60(58(70)63(49)59(71)74-38-41-24-29-46(30-25-41)65(72)73)51(56(68)61-36-50(67)42-18-8-3-9-19-42)53-57(69)75-54(44-22-12-5-13-23-44)52(43-20-10-4-11-21-43)64(53)55(60)45-27-31-47(66)32-28-45/h2-13,15-16,18-33,35,50-55,66-67H,34,36-38H2,1H3,(H,61,68). The summed E-state index contributed by atoms with van der Waals surface area (Å²) in [7, 11) is 1.94. The van der Waals surface area contributed by atoms with Crippen LogP contribution in [-0.4, -0.2) is 75.0 Å². The number of nitrogens with one attached hydrogen (secondary N) is 1. The first-order valence-corrected chi connectivity index (χ1v) is 24.4. The average molecular weight is 1000 g/mol. The summed E-state index contributed by atoms with van der Waals surface area (Å²) in [6.45, 7) is 0.267. The van der Waals surface area contributed by atoms with Crippen LogP contribution < -0.4 is 10.2 Å². The lowest BCUT2D eigenvalue weighted by atomic mass is 9.65. The van der Waals surface area contributed by atoms with Crippen molar-refractivity contribution in [3.05, 3.63) is 243 Å². The zero-order chi connectivity index (χ0) is 52.2. The quantitative estimate of drug-likeness (QED) is 0.0432. The van der Waals surface area contributed by atoms with E-state index in [9.17, 15) is 25.1 Å². The van der Waals surface area contributed by atoms with Crippen LogP contribution in [0.3, 0.4) is 0 Å². The molecule has 0 radical (unpaired) electrons. The number of imide groups is 1. The predicted octanol–water partition coefficient (Wildman–Crippen LogP) is 8.64. The zero-order valence-electron chi connectivity index (χ0n) is 40.6. The van der Waals surface area contributed by atoms with Gasteiger partial charge in [0.25, 0.3) is 5.69 Å². The first-order valence-electron chi connectivity index (χ1n) is 24.4. The van der Waals surface area contributed by atoms with Crippen molar-refractivity contribution in [3.8, 4) is 17.6 Å². The van der Waals surface area contributed by atoms with E-state index >= 15 is 14.4 Å². The number of phenols is 1. The van der Waals surface area contributed by atoms with Gasteiger partial charge in [-0.15, -0.1) is 0 Å². The van der Waals surface area contributed by atoms with Crippen molar-refractivity contribution in [2.75, 3.05) is 25.0 Å². The highest BCUT2D eigenvalue weighted by molar-refractivity contribution is 6.23. The number of hydrogen-bond acceptors (Lipinski definition) is 12. The number of rotatable bonds is 13. The molecule has 15 nitrogen and oxygen atoms in total. The third-order valence-corrected chi connectivity index (χ3v) is 14.2. The number of aromatic hydroxyl groups is 1. The van der Waals surface area contributed by atoms with Crippen molar-refractivity contribution in [1.82, 2.24) is 15.1 Å². The molecule has 0 aliphatic carbocycles. The number of fused-ring (bicyclic) bond motifs is 3. The number of ether oxygens (including phenoxy) is 2. The normalized spacial score (nSPS) is 21.1. The third-order valence-electron chi connectivity index (χ3n) is 14.2. The van der Waals surface area contributed by atoms with Crippen LogP contribution in [0.1, 0.15) is 68.8 Å². The van der Waals surface area contributed by atoms with Crippen LogP contribution in [0.2, 0.25) is 0 Å². The Balaban J connectivity index is 1.18. The highest BCUT2D eigenvalue weighted by atomic mass is 16.6. The van der Waals surface area contributed by atoms with Gasteiger partial charge in [-0.2, -0.15) is 0 Å². The lowest BCUT2D eigenvalue weighted by Gasteiger charge is -2.46. The minimum atomic E-state index is -2.18. The average Bonchev–Trinajstić information content (AvgIpc) is 4.03. The van der Waals surface area contributed by atoms with E-state index in [0.717, 1.165) is 10.5 Å². The molecule has 3 heterocycles. The van der Waals surface area contributed by atoms with Gasteiger partial charge in [-0.05, 0) is 88.5 Å². The summed E-state index contributed by atoms with van der Waals surface area (Å²) in [6.07, 6.45) is -3.30. The number of nitrogens with zero attached hydrogens (tertiary/aromatic N) is 4. The Labute approximate surface area is 432 Å². The zero-order valence-corrected chi connectivity index (χ0v) is 40.6. The fourth-order valence-corrected chi connectivity index (χ4v) is 10.9. The van der Waals surface area contributed by atoms with E-state index in [1.54, 1.807) is 60.7 Å². The lowest BCUT2D eigenvalue weighted by Crippen LogP contribution is -2.56. The number of nitro groups is 1. The summed E-state index contributed by atoms with van der Waals surface area (Å²) >= 11 is 0. The first-order chi connectivity index (χ1) is 36.4. The molecule has 376 valence electrons. The maximum atomic E-state index is 16.6. The van der Waals surface area contributed by atoms with Gasteiger partial charge < -0.3 is 25.0 Å². The molecule has 1 spiro atoms. The summed E-state index contributed by atoms with van der Waals surface area (Å²) in [5.74, 6) is 2.25. The minimum Gasteiger partial charge on any atom is -0.508 e. The topological polar surface area (TPSA) is 192 Å². The van der Waals surface area contributed by atoms with E-state index < -0.39 is 70.5 Å². The minimum absolute atomic E-state index is 0.0652. The van der Waals surface area contributed by atoms with E-state index in [2.05, 4.69) is 17.2 Å². The van der Waals surface area contributed by atoms with Gasteiger partial charge in [0.05, 0.1) is 41.3 Å². The summed E-state index contributed by atoms with van der Waals surface area (Å²) < 4.78 is 12.4. The van der Waals surface area contributed by atoms with Crippen molar-refractivity contribution in [3.63, 3.8) is 0 Å². The van der Waals surface area contributed by atoms with E-state index in [4.69, 9.17) is 9.47 Å². The maximum Gasteiger partial charge on any atom is 0.421 e. The van der Waals surface area contributed by atoms with Gasteiger partial charge in [-0.1, -0.05) is 145 Å². The molecule has 10 rings (SSSR count). The monoisotopic (exact) mass is 1000 g/mol. The van der Waals surface area contributed by atoms with Crippen LogP contribution >= 0.6 is 0 Å². The number of amides is 3. The van der Waals surface area contributed by atoms with Crippen molar-refractivity contribution in [2.24, 2.45) is 5.92 Å². The first kappa shape index (κ1) is 49.6. The van der Waals surface area contributed by atoms with Crippen LogP contribution in [0, 0.1) is 27.9 Å². The second-order valence-corrected chi connectivity index (χ2v) is 18.8. The van der Waals surface area contributed by atoms with Gasteiger partial charge in [-0.3, -0.25) is 34.3 Å². The third kappa shape index (κ3) is 9.61. The molecule has 3 aliphatic heterocycles. The van der Waals surface area contributed by atoms with Gasteiger partial charge in [0, 0.05) is 30.8 Å². The smallest absolute Gasteiger partial charge is 0.421 e. The molecular formula is C60H51N5O10. The van der Waals surface area contributed by atoms with Crippen LogP contribution in [0.5, 0.6) is 5.75 Å². The largest absolute Gasteiger partial charge is 0.508 e. The molecule has 3 N–H and O–H groups in total. The molecule has 15 heteroatoms. The molecule has 2 saturated heterocycles. The second-order valence-electron chi connectivity index (χ2n) is 18.8. The molecule has 0 saturated carbocycles. The number of carbonyl (C=O) groups excluding carboxylic acids is 4. The Morgan fingerprint density at radius 3 is 2.07 bits per heavy atom. The lowest BCUT2D eigenvalue weighted by molar-refractivity contribution is -0.384. The Bertz CT molecular complexity index is 3300. The number of aliphatic hydroxyl groups excluding tert-OH is 1. The summed E-state index contributed by atoms with van der Waals surface area (Å²) in [5.41, 5.74) is 2.10. The van der Waals surface area contributed by atoms with Crippen molar-refractivity contribution >= 4 is 35.3 Å². The number of phenolic OH excluding ortho intramolecular Hbond substituents is 1. The van der Waals surface area contributed by atoms with Gasteiger partial charge in [0.1, 0.15) is 29.9 Å². The number of non-ortho nitro benzene ring substituents is 1. The molecule has 3 aliphatic rings. The fourth-order valence-electron chi connectivity index (χ4n) is 10.9. The predicted molar refractivity (Wildman–Crippen MR) is 277 cm³/mol. The SMILES string of the molecule is CN(CC#Cc1ccc2c(c1)C1(C(=O)N2C(=O)OCc2ccc([N+](=O)[O-])cc2)C(C(=O)NCC(O)c2ccccc2)C2C(=O)OC(c3ccccc3)C(c3ccccc3)N2C1c1ccc(O)cc1)Cc1ccccc1. The molecule has 75 heavy (non-hydrogen) atoms. The van der Waals surface area contributed by atoms with Gasteiger partial charge in [-0.25, -0.2) is 9.69 Å². The Hall–Kier alpha value is -8.94. The molecular weight excluding hydrogens is 951 g/mol. The molecule has 7 aromatic carbocycles. The van der Waals surface area contributed by atoms with Crippen molar-refractivity contribution in [1.29, 1.82) is 0 Å². The number of cyclic esters (lactones) is 1. The fraction of sp³-hybridized carbons (Fsp3) is 0.200. The Kier molecular flexibility index (Phi) is 14.1. The number of hydrogen-bond donors (Lipinski definition) is 3. The van der Waals surface area contributed by atoms with E-state index in [1.807, 2.05) is 108 Å². The molecule has 7 unspecified atom stereocenters. The van der Waals surface area contributed by atoms with Gasteiger partial charge in [0.15, 0.2) is 0 Å². The molecule has 7 aromatic rings. The van der Waals surface area contributed by atoms with Crippen LogP contribution in [-0.2, 0) is 42.4 Å². The van der Waals surface area contributed by atoms with Gasteiger partial charge >= 0.3 is 12.1 Å².